The van der Waals surface area contributed by atoms with E-state index in [4.69, 9.17) is 23.2 Å². The molecular formula is C52H30N2O3. The normalized spacial score (nSPS) is 11.9. The summed E-state index contributed by atoms with van der Waals surface area (Å²) in [5, 5.41) is 6.00. The zero-order valence-electron chi connectivity index (χ0n) is 30.4. The summed E-state index contributed by atoms with van der Waals surface area (Å²) in [6.45, 7) is 0. The molecule has 4 aromatic heterocycles. The second-order valence-electron chi connectivity index (χ2n) is 14.5. The van der Waals surface area contributed by atoms with Crippen LogP contribution in [0.4, 0.5) is 0 Å². The van der Waals surface area contributed by atoms with Gasteiger partial charge in [-0.05, 0) is 88.0 Å². The van der Waals surface area contributed by atoms with Gasteiger partial charge in [0.1, 0.15) is 27.9 Å². The quantitative estimate of drug-likeness (QED) is 0.176. The summed E-state index contributed by atoms with van der Waals surface area (Å²) >= 11 is 0. The van der Waals surface area contributed by atoms with Gasteiger partial charge in [-0.15, -0.1) is 0 Å². The summed E-state index contributed by atoms with van der Waals surface area (Å²) in [4.78, 5) is 10.4. The van der Waals surface area contributed by atoms with Crippen LogP contribution in [0.5, 0.6) is 0 Å². The number of aromatic nitrogens is 2. The van der Waals surface area contributed by atoms with Crippen LogP contribution in [-0.2, 0) is 0 Å². The fourth-order valence-electron chi connectivity index (χ4n) is 8.37. The molecule has 0 spiro atoms. The third-order valence-corrected chi connectivity index (χ3v) is 11.1. The Morgan fingerprint density at radius 2 is 0.754 bits per heavy atom. The van der Waals surface area contributed by atoms with E-state index in [9.17, 15) is 0 Å². The zero-order chi connectivity index (χ0) is 37.5. The van der Waals surface area contributed by atoms with Crippen LogP contribution in [0.3, 0.4) is 0 Å². The third kappa shape index (κ3) is 5.10. The van der Waals surface area contributed by atoms with E-state index >= 15 is 0 Å². The van der Waals surface area contributed by atoms with Gasteiger partial charge in [0, 0.05) is 38.1 Å². The van der Waals surface area contributed by atoms with E-state index in [-0.39, 0.29) is 0 Å². The first-order chi connectivity index (χ1) is 28.2. The molecule has 57 heavy (non-hydrogen) atoms. The van der Waals surface area contributed by atoms with E-state index in [0.717, 1.165) is 105 Å². The molecule has 4 heterocycles. The summed E-state index contributed by atoms with van der Waals surface area (Å²) in [5.41, 5.74) is 14.0. The monoisotopic (exact) mass is 730 g/mol. The molecule has 0 fully saturated rings. The van der Waals surface area contributed by atoms with Gasteiger partial charge in [-0.2, -0.15) is 4.98 Å². The van der Waals surface area contributed by atoms with Gasteiger partial charge in [-0.1, -0.05) is 127 Å². The molecule has 0 aliphatic rings. The number of nitrogens with zero attached hydrogens (tertiary/aromatic N) is 2. The Morgan fingerprint density at radius 3 is 1.33 bits per heavy atom. The van der Waals surface area contributed by atoms with Crippen molar-refractivity contribution in [2.75, 3.05) is 0 Å². The fraction of sp³-hybridized carbons (Fsp3) is 0. The van der Waals surface area contributed by atoms with Gasteiger partial charge in [-0.3, -0.25) is 0 Å². The average molecular weight is 731 g/mol. The van der Waals surface area contributed by atoms with Crippen molar-refractivity contribution in [1.82, 2.24) is 9.97 Å². The lowest BCUT2D eigenvalue weighted by molar-refractivity contribution is 0.653. The highest BCUT2D eigenvalue weighted by molar-refractivity contribution is 6.19. The highest BCUT2D eigenvalue weighted by Crippen LogP contribution is 2.44. The van der Waals surface area contributed by atoms with Crippen LogP contribution in [0, 0.1) is 0 Å². The van der Waals surface area contributed by atoms with E-state index in [1.54, 1.807) is 0 Å². The van der Waals surface area contributed by atoms with E-state index in [1.165, 1.54) is 5.56 Å². The molecule has 0 bridgehead atoms. The minimum absolute atomic E-state index is 0.542. The van der Waals surface area contributed by atoms with Crippen molar-refractivity contribution in [2.45, 2.75) is 0 Å². The predicted octanol–water partition coefficient (Wildman–Crippen LogP) is 14.5. The van der Waals surface area contributed by atoms with Crippen molar-refractivity contribution in [1.29, 1.82) is 0 Å². The molecule has 0 aliphatic carbocycles. The van der Waals surface area contributed by atoms with Crippen LogP contribution in [-0.4, -0.2) is 9.97 Å². The van der Waals surface area contributed by atoms with Crippen LogP contribution in [0.1, 0.15) is 0 Å². The lowest BCUT2D eigenvalue weighted by Gasteiger charge is -2.09. The topological polar surface area (TPSA) is 65.2 Å². The molecular weight excluding hydrogens is 701 g/mol. The Hall–Kier alpha value is -7.76. The molecule has 0 amide bonds. The third-order valence-electron chi connectivity index (χ3n) is 11.1. The number of rotatable bonds is 5. The van der Waals surface area contributed by atoms with Gasteiger partial charge in [0.05, 0.1) is 11.1 Å². The van der Waals surface area contributed by atoms with Gasteiger partial charge < -0.3 is 13.3 Å². The van der Waals surface area contributed by atoms with Crippen LogP contribution in [0.15, 0.2) is 195 Å². The molecule has 0 N–H and O–H groups in total. The molecule has 5 heteroatoms. The van der Waals surface area contributed by atoms with Gasteiger partial charge in [0.15, 0.2) is 5.82 Å². The molecule has 266 valence electrons. The Labute approximate surface area is 326 Å². The van der Waals surface area contributed by atoms with Crippen LogP contribution in [0.25, 0.3) is 122 Å². The number of benzene rings is 8. The molecule has 0 atom stereocenters. The maximum Gasteiger partial charge on any atom is 0.231 e. The molecule has 0 saturated heterocycles. The lowest BCUT2D eigenvalue weighted by atomic mass is 9.96. The minimum Gasteiger partial charge on any atom is -0.456 e. The van der Waals surface area contributed by atoms with Crippen LogP contribution in [0.2, 0.25) is 0 Å². The second kappa shape index (κ2) is 12.4. The van der Waals surface area contributed by atoms with Crippen molar-refractivity contribution in [2.24, 2.45) is 0 Å². The van der Waals surface area contributed by atoms with Crippen molar-refractivity contribution < 1.29 is 13.3 Å². The first-order valence-electron chi connectivity index (χ1n) is 19.0. The maximum absolute atomic E-state index is 6.57. The molecule has 0 saturated carbocycles. The van der Waals surface area contributed by atoms with Gasteiger partial charge in [0.25, 0.3) is 0 Å². The predicted molar refractivity (Wildman–Crippen MR) is 231 cm³/mol. The summed E-state index contributed by atoms with van der Waals surface area (Å²) < 4.78 is 19.4. The Morgan fingerprint density at radius 1 is 0.298 bits per heavy atom. The Bertz CT molecular complexity index is 3510. The molecule has 8 aromatic carbocycles. The first-order valence-corrected chi connectivity index (χ1v) is 19.0. The Kier molecular flexibility index (Phi) is 6.86. The largest absolute Gasteiger partial charge is 0.456 e. The van der Waals surface area contributed by atoms with Crippen LogP contribution >= 0.6 is 0 Å². The highest BCUT2D eigenvalue weighted by atomic mass is 16.3. The molecule has 12 aromatic rings. The maximum atomic E-state index is 6.57. The second-order valence-corrected chi connectivity index (χ2v) is 14.5. The van der Waals surface area contributed by atoms with Crippen LogP contribution < -0.4 is 0 Å². The van der Waals surface area contributed by atoms with Crippen molar-refractivity contribution in [3.63, 3.8) is 0 Å². The summed E-state index contributed by atoms with van der Waals surface area (Å²) in [7, 11) is 0. The number of hydrogen-bond donors (Lipinski definition) is 0. The van der Waals surface area contributed by atoms with Gasteiger partial charge >= 0.3 is 0 Å². The smallest absolute Gasteiger partial charge is 0.231 e. The molecule has 0 radical (unpaired) electrons. The average Bonchev–Trinajstić information content (AvgIpc) is 3.97. The number of furan rings is 3. The van der Waals surface area contributed by atoms with Crippen molar-refractivity contribution in [3.8, 4) is 56.0 Å². The van der Waals surface area contributed by atoms with Crippen molar-refractivity contribution >= 4 is 65.9 Å². The lowest BCUT2D eigenvalue weighted by Crippen LogP contribution is -1.94. The number of fused-ring (bicyclic) bond motifs is 9. The molecule has 12 rings (SSSR count). The zero-order valence-corrected chi connectivity index (χ0v) is 30.4. The standard InChI is InChI=1S/C52H30N2O3/c1-4-11-31(12-5-1)34-19-23-43-39(27-34)40-28-36(21-24-44(40)55-43)37-22-25-45-41(30-37)48-38(17-10-18-47(48)56-45)50-49-42-29-35(32-13-6-2-7-14-32)20-26-46(42)57-52(49)54-51(53-50)33-15-8-3-9-16-33/h1-30H. The van der Waals surface area contributed by atoms with E-state index in [0.29, 0.717) is 11.5 Å². The van der Waals surface area contributed by atoms with E-state index in [1.807, 2.05) is 60.7 Å². The van der Waals surface area contributed by atoms with Gasteiger partial charge in [0.2, 0.25) is 5.71 Å². The molecule has 0 unspecified atom stereocenters. The summed E-state index contributed by atoms with van der Waals surface area (Å²) in [6, 6.07) is 62.8. The van der Waals surface area contributed by atoms with Gasteiger partial charge in [-0.25, -0.2) is 4.98 Å². The fourth-order valence-corrected chi connectivity index (χ4v) is 8.37. The van der Waals surface area contributed by atoms with Crippen molar-refractivity contribution in [3.05, 3.63) is 182 Å². The van der Waals surface area contributed by atoms with E-state index < -0.39 is 0 Å². The molecule has 0 aliphatic heterocycles. The summed E-state index contributed by atoms with van der Waals surface area (Å²) in [5.74, 6) is 0.599. The minimum atomic E-state index is 0.542. The first kappa shape index (κ1) is 31.6. The highest BCUT2D eigenvalue weighted by Gasteiger charge is 2.23. The molecule has 5 nitrogen and oxygen atoms in total. The SMILES string of the molecule is c1ccc(-c2ccc3oc4ccc(-c5ccc6oc7cccc(-c8nc(-c9ccccc9)nc9oc%10ccc(-c%11ccccc%11)cc%10c89)c7c6c5)cc4c3c2)cc1. The summed E-state index contributed by atoms with van der Waals surface area (Å²) in [6.07, 6.45) is 0. The Balaban J connectivity index is 1.07. The van der Waals surface area contributed by atoms with E-state index in [2.05, 4.69) is 121 Å². The number of hydrogen-bond acceptors (Lipinski definition) is 5.